The van der Waals surface area contributed by atoms with Crippen molar-refractivity contribution in [2.45, 2.75) is 25.8 Å². The quantitative estimate of drug-likeness (QED) is 0.478. The minimum absolute atomic E-state index is 0.0225. The summed E-state index contributed by atoms with van der Waals surface area (Å²) in [6.07, 6.45) is 6.34. The summed E-state index contributed by atoms with van der Waals surface area (Å²) in [5, 5.41) is 5.53. The van der Waals surface area contributed by atoms with E-state index in [1.807, 2.05) is 46.8 Å². The Morgan fingerprint density at radius 3 is 2.69 bits per heavy atom. The van der Waals surface area contributed by atoms with Crippen molar-refractivity contribution in [3.05, 3.63) is 64.5 Å². The molecule has 2 fully saturated rings. The van der Waals surface area contributed by atoms with Crippen LogP contribution in [0.5, 0.6) is 0 Å². The van der Waals surface area contributed by atoms with Crippen molar-refractivity contribution in [3.63, 3.8) is 0 Å². The van der Waals surface area contributed by atoms with Crippen LogP contribution in [0.4, 0.5) is 5.82 Å². The molecule has 1 aromatic carbocycles. The zero-order chi connectivity index (χ0) is 24.6. The lowest BCUT2D eigenvalue weighted by atomic mass is 10.1. The van der Waals surface area contributed by atoms with Gasteiger partial charge in [0.1, 0.15) is 22.4 Å². The maximum atomic E-state index is 13.9. The van der Waals surface area contributed by atoms with Gasteiger partial charge in [0.05, 0.1) is 18.6 Å². The molecule has 3 aromatic heterocycles. The molecular weight excluding hydrogens is 454 g/mol. The topological polar surface area (TPSA) is 88.3 Å². The number of nitrogens with zero attached hydrogens (tertiary/aromatic N) is 6. The van der Waals surface area contributed by atoms with Gasteiger partial charge in [-0.25, -0.2) is 4.98 Å². The van der Waals surface area contributed by atoms with Gasteiger partial charge in [-0.3, -0.25) is 19.1 Å². The normalized spacial score (nSPS) is 16.7. The summed E-state index contributed by atoms with van der Waals surface area (Å²) in [7, 11) is 1.89. The van der Waals surface area contributed by atoms with Gasteiger partial charge in [0.15, 0.2) is 0 Å². The standard InChI is InChI=1S/C27H31N7O2/c1-31-24-23(22(26(35)33-13-4-5-14-33)25(31)32-15-6-10-28-12-16-32)30-18-34(27(24)36)17-21-20-8-3-2-7-19(20)9-11-29-21/h2-3,7-9,11,18,28H,4-6,10,12-17H2,1H3. The Morgan fingerprint density at radius 2 is 1.83 bits per heavy atom. The summed E-state index contributed by atoms with van der Waals surface area (Å²) in [6, 6.07) is 10.0. The fourth-order valence-corrected chi connectivity index (χ4v) is 5.63. The Bertz CT molecular complexity index is 1490. The van der Waals surface area contributed by atoms with Crippen molar-refractivity contribution in [2.24, 2.45) is 7.05 Å². The van der Waals surface area contributed by atoms with Crippen molar-refractivity contribution >= 4 is 33.5 Å². The molecule has 0 bridgehead atoms. The van der Waals surface area contributed by atoms with E-state index in [0.29, 0.717) is 23.1 Å². The van der Waals surface area contributed by atoms with Gasteiger partial charge in [0.2, 0.25) is 0 Å². The van der Waals surface area contributed by atoms with E-state index in [1.165, 1.54) is 0 Å². The molecule has 0 atom stereocenters. The van der Waals surface area contributed by atoms with Crippen molar-refractivity contribution in [1.82, 2.24) is 29.3 Å². The first-order valence-corrected chi connectivity index (χ1v) is 12.8. The lowest BCUT2D eigenvalue weighted by Crippen LogP contribution is -2.33. The number of nitrogens with one attached hydrogen (secondary N) is 1. The summed E-state index contributed by atoms with van der Waals surface area (Å²) in [4.78, 5) is 41.1. The first-order chi connectivity index (χ1) is 17.6. The Balaban J connectivity index is 1.50. The molecule has 2 saturated heterocycles. The van der Waals surface area contributed by atoms with Gasteiger partial charge in [0, 0.05) is 51.4 Å². The van der Waals surface area contributed by atoms with Crippen molar-refractivity contribution < 1.29 is 4.79 Å². The molecule has 9 heteroatoms. The highest BCUT2D eigenvalue weighted by molar-refractivity contribution is 6.10. The van der Waals surface area contributed by atoms with E-state index in [9.17, 15) is 9.59 Å². The zero-order valence-electron chi connectivity index (χ0n) is 20.6. The molecule has 0 spiro atoms. The summed E-state index contributed by atoms with van der Waals surface area (Å²) < 4.78 is 3.50. The van der Waals surface area contributed by atoms with Crippen LogP contribution >= 0.6 is 0 Å². The molecule has 0 unspecified atom stereocenters. The van der Waals surface area contributed by atoms with E-state index in [1.54, 1.807) is 17.1 Å². The molecule has 4 aromatic rings. The summed E-state index contributed by atoms with van der Waals surface area (Å²) in [6.45, 7) is 5.19. The summed E-state index contributed by atoms with van der Waals surface area (Å²) in [5.41, 5.74) is 2.18. The second kappa shape index (κ2) is 9.39. The first-order valence-electron chi connectivity index (χ1n) is 12.8. The van der Waals surface area contributed by atoms with Gasteiger partial charge >= 0.3 is 0 Å². The Kier molecular flexibility index (Phi) is 5.92. The Labute approximate surface area is 209 Å². The average Bonchev–Trinajstić information content (AvgIpc) is 3.44. The third-order valence-electron chi connectivity index (χ3n) is 7.45. The molecule has 1 N–H and O–H groups in total. The molecule has 1 amide bonds. The van der Waals surface area contributed by atoms with Crippen LogP contribution in [-0.2, 0) is 13.6 Å². The monoisotopic (exact) mass is 485 g/mol. The predicted octanol–water partition coefficient (Wildman–Crippen LogP) is 2.37. The van der Waals surface area contributed by atoms with Crippen LogP contribution < -0.4 is 15.8 Å². The van der Waals surface area contributed by atoms with Crippen LogP contribution in [0.25, 0.3) is 21.8 Å². The molecule has 0 saturated carbocycles. The first kappa shape index (κ1) is 22.7. The van der Waals surface area contributed by atoms with Crippen LogP contribution in [0, 0.1) is 0 Å². The molecule has 9 nitrogen and oxygen atoms in total. The summed E-state index contributed by atoms with van der Waals surface area (Å²) in [5.74, 6) is 0.780. The molecule has 2 aliphatic rings. The SMILES string of the molecule is Cn1c(N2CCCNCC2)c(C(=O)N2CCCC2)c2ncn(Cc3nccc4ccccc34)c(=O)c21. The average molecular weight is 486 g/mol. The predicted molar refractivity (Wildman–Crippen MR) is 141 cm³/mol. The van der Waals surface area contributed by atoms with E-state index in [4.69, 9.17) is 4.98 Å². The fraction of sp³-hybridized carbons (Fsp3) is 0.407. The van der Waals surface area contributed by atoms with E-state index in [2.05, 4.69) is 15.2 Å². The van der Waals surface area contributed by atoms with Crippen molar-refractivity contribution in [3.8, 4) is 0 Å². The van der Waals surface area contributed by atoms with E-state index >= 15 is 0 Å². The third kappa shape index (κ3) is 3.83. The highest BCUT2D eigenvalue weighted by Crippen LogP contribution is 2.32. The molecule has 6 rings (SSSR count). The highest BCUT2D eigenvalue weighted by Gasteiger charge is 2.32. The number of pyridine rings is 1. The lowest BCUT2D eigenvalue weighted by Gasteiger charge is -2.25. The minimum Gasteiger partial charge on any atom is -0.356 e. The lowest BCUT2D eigenvalue weighted by molar-refractivity contribution is 0.0795. The van der Waals surface area contributed by atoms with Crippen LogP contribution in [0.15, 0.2) is 47.7 Å². The number of likely N-dealkylation sites (tertiary alicyclic amines) is 1. The Morgan fingerprint density at radius 1 is 1.00 bits per heavy atom. The zero-order valence-corrected chi connectivity index (χ0v) is 20.6. The fourth-order valence-electron chi connectivity index (χ4n) is 5.63. The highest BCUT2D eigenvalue weighted by atomic mass is 16.2. The van der Waals surface area contributed by atoms with Crippen LogP contribution in [0.3, 0.4) is 0 Å². The van der Waals surface area contributed by atoms with E-state index < -0.39 is 0 Å². The number of aryl methyl sites for hydroxylation is 1. The second-order valence-corrected chi connectivity index (χ2v) is 9.70. The molecule has 0 aliphatic carbocycles. The maximum absolute atomic E-state index is 13.9. The molecule has 186 valence electrons. The van der Waals surface area contributed by atoms with E-state index in [0.717, 1.165) is 80.8 Å². The number of benzene rings is 1. The second-order valence-electron chi connectivity index (χ2n) is 9.70. The van der Waals surface area contributed by atoms with Gasteiger partial charge in [-0.2, -0.15) is 0 Å². The number of hydrogen-bond donors (Lipinski definition) is 1. The number of carbonyl (C=O) groups excluding carboxylic acids is 1. The number of fused-ring (bicyclic) bond motifs is 2. The van der Waals surface area contributed by atoms with E-state index in [-0.39, 0.29) is 11.5 Å². The Hall–Kier alpha value is -3.72. The van der Waals surface area contributed by atoms with Gasteiger partial charge in [-0.15, -0.1) is 0 Å². The molecule has 2 aliphatic heterocycles. The van der Waals surface area contributed by atoms with Crippen LogP contribution in [-0.4, -0.2) is 69.2 Å². The number of aromatic nitrogens is 4. The smallest absolute Gasteiger partial charge is 0.278 e. The van der Waals surface area contributed by atoms with Gasteiger partial charge in [-0.05, 0) is 37.3 Å². The van der Waals surface area contributed by atoms with Gasteiger partial charge in [-0.1, -0.05) is 24.3 Å². The number of hydrogen-bond acceptors (Lipinski definition) is 6. The maximum Gasteiger partial charge on any atom is 0.278 e. The van der Waals surface area contributed by atoms with Crippen LogP contribution in [0.2, 0.25) is 0 Å². The van der Waals surface area contributed by atoms with Gasteiger partial charge in [0.25, 0.3) is 11.5 Å². The summed E-state index contributed by atoms with van der Waals surface area (Å²) >= 11 is 0. The largest absolute Gasteiger partial charge is 0.356 e. The number of amides is 1. The van der Waals surface area contributed by atoms with Crippen molar-refractivity contribution in [2.75, 3.05) is 44.2 Å². The number of carbonyl (C=O) groups is 1. The molecule has 36 heavy (non-hydrogen) atoms. The molecule has 5 heterocycles. The third-order valence-corrected chi connectivity index (χ3v) is 7.45. The molecular formula is C27H31N7O2. The number of anilines is 1. The van der Waals surface area contributed by atoms with Crippen LogP contribution in [0.1, 0.15) is 35.3 Å². The minimum atomic E-state index is -0.160. The van der Waals surface area contributed by atoms with Crippen molar-refractivity contribution in [1.29, 1.82) is 0 Å². The number of rotatable bonds is 4. The molecule has 0 radical (unpaired) electrons. The van der Waals surface area contributed by atoms with Gasteiger partial charge < -0.3 is 19.7 Å².